The third kappa shape index (κ3) is 3.99. The fourth-order valence-corrected chi connectivity index (χ4v) is 1.68. The number of aromatic nitrogens is 2. The smallest absolute Gasteiger partial charge is 0.321 e. The minimum atomic E-state index is -0.423. The van der Waals surface area contributed by atoms with Gasteiger partial charge in [0.25, 0.3) is 0 Å². The van der Waals surface area contributed by atoms with E-state index < -0.39 is 5.82 Å². The fraction of sp³-hybridized carbons (Fsp3) is 0.333. The van der Waals surface area contributed by atoms with Gasteiger partial charge in [0.1, 0.15) is 0 Å². The van der Waals surface area contributed by atoms with E-state index in [9.17, 15) is 4.39 Å². The molecule has 0 unspecified atom stereocenters. The Kier molecular flexibility index (Phi) is 5.01. The van der Waals surface area contributed by atoms with Crippen molar-refractivity contribution >= 4 is 0 Å². The van der Waals surface area contributed by atoms with Gasteiger partial charge in [-0.15, -0.1) is 0 Å². The van der Waals surface area contributed by atoms with Gasteiger partial charge in [-0.3, -0.25) is 0 Å². The lowest BCUT2D eigenvalue weighted by atomic mass is 10.2. The van der Waals surface area contributed by atoms with Gasteiger partial charge in [0.15, 0.2) is 11.6 Å². The average molecular weight is 275 g/mol. The molecular formula is C15H18FN3O. The van der Waals surface area contributed by atoms with E-state index in [1.54, 1.807) is 24.5 Å². The van der Waals surface area contributed by atoms with Crippen molar-refractivity contribution in [3.8, 4) is 11.8 Å². The van der Waals surface area contributed by atoms with Crippen molar-refractivity contribution in [2.24, 2.45) is 0 Å². The van der Waals surface area contributed by atoms with Crippen molar-refractivity contribution in [3.63, 3.8) is 0 Å². The molecule has 0 saturated heterocycles. The molecule has 0 bridgehead atoms. The zero-order chi connectivity index (χ0) is 14.4. The largest absolute Gasteiger partial charge is 0.421 e. The van der Waals surface area contributed by atoms with Gasteiger partial charge in [0.05, 0.1) is 0 Å². The van der Waals surface area contributed by atoms with Crippen molar-refractivity contribution in [1.29, 1.82) is 0 Å². The molecule has 2 aromatic rings. The highest BCUT2D eigenvalue weighted by Crippen LogP contribution is 2.22. The van der Waals surface area contributed by atoms with Crippen LogP contribution in [0.15, 0.2) is 30.6 Å². The molecule has 20 heavy (non-hydrogen) atoms. The van der Waals surface area contributed by atoms with Crippen LogP contribution < -0.4 is 10.1 Å². The highest BCUT2D eigenvalue weighted by Gasteiger charge is 2.07. The molecule has 1 aromatic heterocycles. The van der Waals surface area contributed by atoms with Crippen LogP contribution in [0.2, 0.25) is 0 Å². The first-order valence-corrected chi connectivity index (χ1v) is 6.64. The van der Waals surface area contributed by atoms with E-state index >= 15 is 0 Å². The molecule has 1 heterocycles. The predicted octanol–water partition coefficient (Wildman–Crippen LogP) is 3.22. The summed E-state index contributed by atoms with van der Waals surface area (Å²) in [5.41, 5.74) is 1.89. The standard InChI is InChI=1S/C15H18FN3O/c1-3-6-17-8-12-9-18-15(19-10-12)20-14-7-11(2)4-5-13(14)16/h4-5,7,9-10,17H,3,6,8H2,1-2H3. The molecule has 0 aliphatic heterocycles. The minimum Gasteiger partial charge on any atom is -0.421 e. The maximum Gasteiger partial charge on any atom is 0.321 e. The Balaban J connectivity index is 2.01. The van der Waals surface area contributed by atoms with E-state index in [-0.39, 0.29) is 11.8 Å². The minimum absolute atomic E-state index is 0.141. The van der Waals surface area contributed by atoms with Gasteiger partial charge >= 0.3 is 6.01 Å². The van der Waals surface area contributed by atoms with Crippen LogP contribution in [-0.2, 0) is 6.54 Å². The third-order valence-electron chi connectivity index (χ3n) is 2.73. The second-order valence-corrected chi connectivity index (χ2v) is 4.59. The van der Waals surface area contributed by atoms with E-state index in [4.69, 9.17) is 4.74 Å². The molecule has 1 aromatic carbocycles. The summed E-state index contributed by atoms with van der Waals surface area (Å²) in [5, 5.41) is 3.26. The highest BCUT2D eigenvalue weighted by atomic mass is 19.1. The molecule has 2 rings (SSSR count). The van der Waals surface area contributed by atoms with Crippen LogP contribution in [0.5, 0.6) is 11.8 Å². The number of nitrogens with zero attached hydrogens (tertiary/aromatic N) is 2. The van der Waals surface area contributed by atoms with Gasteiger partial charge < -0.3 is 10.1 Å². The summed E-state index contributed by atoms with van der Waals surface area (Å²) in [6, 6.07) is 4.82. The van der Waals surface area contributed by atoms with E-state index in [0.717, 1.165) is 24.1 Å². The SMILES string of the molecule is CCCNCc1cnc(Oc2cc(C)ccc2F)nc1. The molecule has 0 fully saturated rings. The molecular weight excluding hydrogens is 257 g/mol. The lowest BCUT2D eigenvalue weighted by Crippen LogP contribution is -2.14. The first-order valence-electron chi connectivity index (χ1n) is 6.64. The van der Waals surface area contributed by atoms with Crippen LogP contribution in [0, 0.1) is 12.7 Å². The lowest BCUT2D eigenvalue weighted by Gasteiger charge is -2.07. The second-order valence-electron chi connectivity index (χ2n) is 4.59. The number of hydrogen-bond acceptors (Lipinski definition) is 4. The summed E-state index contributed by atoms with van der Waals surface area (Å²) < 4.78 is 18.9. The quantitative estimate of drug-likeness (QED) is 0.822. The number of halogens is 1. The monoisotopic (exact) mass is 275 g/mol. The van der Waals surface area contributed by atoms with Gasteiger partial charge in [-0.25, -0.2) is 14.4 Å². The zero-order valence-electron chi connectivity index (χ0n) is 11.7. The number of nitrogens with one attached hydrogen (secondary N) is 1. The molecule has 0 aliphatic rings. The summed E-state index contributed by atoms with van der Waals surface area (Å²) in [5.74, 6) is -0.283. The van der Waals surface area contributed by atoms with Crippen molar-refractivity contribution in [2.75, 3.05) is 6.54 Å². The molecule has 0 atom stereocenters. The number of ether oxygens (including phenoxy) is 1. The Bertz CT molecular complexity index is 558. The predicted molar refractivity (Wildman–Crippen MR) is 75.2 cm³/mol. The number of benzene rings is 1. The molecule has 0 amide bonds. The summed E-state index contributed by atoms with van der Waals surface area (Å²) >= 11 is 0. The van der Waals surface area contributed by atoms with Crippen molar-refractivity contribution in [3.05, 3.63) is 47.5 Å². The van der Waals surface area contributed by atoms with E-state index in [2.05, 4.69) is 22.2 Å². The van der Waals surface area contributed by atoms with E-state index in [0.29, 0.717) is 6.54 Å². The fourth-order valence-electron chi connectivity index (χ4n) is 1.68. The molecule has 0 saturated carbocycles. The summed E-state index contributed by atoms with van der Waals surface area (Å²) in [6.45, 7) is 5.65. The van der Waals surface area contributed by atoms with Crippen LogP contribution in [0.1, 0.15) is 24.5 Å². The van der Waals surface area contributed by atoms with Crippen LogP contribution >= 0.6 is 0 Å². The van der Waals surface area contributed by atoms with Crippen LogP contribution in [0.25, 0.3) is 0 Å². The zero-order valence-corrected chi connectivity index (χ0v) is 11.7. The molecule has 5 heteroatoms. The van der Waals surface area contributed by atoms with Gasteiger partial charge in [-0.2, -0.15) is 0 Å². The Morgan fingerprint density at radius 2 is 2.00 bits per heavy atom. The average Bonchev–Trinajstić information content (AvgIpc) is 2.45. The molecule has 0 aliphatic carbocycles. The van der Waals surface area contributed by atoms with E-state index in [1.807, 2.05) is 6.92 Å². The summed E-state index contributed by atoms with van der Waals surface area (Å²) in [7, 11) is 0. The number of hydrogen-bond donors (Lipinski definition) is 1. The van der Waals surface area contributed by atoms with Crippen LogP contribution in [0.3, 0.4) is 0 Å². The van der Waals surface area contributed by atoms with Gasteiger partial charge in [0, 0.05) is 24.5 Å². The second kappa shape index (κ2) is 6.96. The third-order valence-corrected chi connectivity index (χ3v) is 2.73. The number of aryl methyl sites for hydroxylation is 1. The van der Waals surface area contributed by atoms with Crippen LogP contribution in [-0.4, -0.2) is 16.5 Å². The molecule has 4 nitrogen and oxygen atoms in total. The maximum atomic E-state index is 13.5. The molecule has 106 valence electrons. The molecule has 0 radical (unpaired) electrons. The molecule has 1 N–H and O–H groups in total. The highest BCUT2D eigenvalue weighted by molar-refractivity contribution is 5.31. The Labute approximate surface area is 118 Å². The lowest BCUT2D eigenvalue weighted by molar-refractivity contribution is 0.410. The van der Waals surface area contributed by atoms with Crippen molar-refractivity contribution in [2.45, 2.75) is 26.8 Å². The topological polar surface area (TPSA) is 47.0 Å². The van der Waals surface area contributed by atoms with Gasteiger partial charge in [0.2, 0.25) is 0 Å². The van der Waals surface area contributed by atoms with Crippen molar-refractivity contribution < 1.29 is 9.13 Å². The van der Waals surface area contributed by atoms with Gasteiger partial charge in [-0.1, -0.05) is 13.0 Å². The Morgan fingerprint density at radius 1 is 1.25 bits per heavy atom. The maximum absolute atomic E-state index is 13.5. The number of rotatable bonds is 6. The van der Waals surface area contributed by atoms with Gasteiger partial charge in [-0.05, 0) is 37.6 Å². The first kappa shape index (κ1) is 14.4. The summed E-state index contributed by atoms with van der Waals surface area (Å²) in [6.07, 6.45) is 4.44. The van der Waals surface area contributed by atoms with E-state index in [1.165, 1.54) is 6.07 Å². The first-order chi connectivity index (χ1) is 9.69. The normalized spacial score (nSPS) is 10.6. The van der Waals surface area contributed by atoms with Crippen molar-refractivity contribution in [1.82, 2.24) is 15.3 Å². The Hall–Kier alpha value is -2.01. The summed E-state index contributed by atoms with van der Waals surface area (Å²) in [4.78, 5) is 8.17. The molecule has 0 spiro atoms. The van der Waals surface area contributed by atoms with Crippen LogP contribution in [0.4, 0.5) is 4.39 Å². The Morgan fingerprint density at radius 3 is 2.70 bits per heavy atom.